The molecule has 4 nitrogen and oxygen atoms in total. The van der Waals surface area contributed by atoms with Gasteiger partial charge in [-0.2, -0.15) is 0 Å². The molecule has 0 unspecified atom stereocenters. The maximum absolute atomic E-state index is 12.2. The second kappa shape index (κ2) is 6.95. The number of rotatable bonds is 6. The Hall–Kier alpha value is -1.27. The highest BCUT2D eigenvalue weighted by atomic mass is 32.1. The Kier molecular flexibility index (Phi) is 5.25. The van der Waals surface area contributed by atoms with E-state index in [0.29, 0.717) is 11.0 Å². The van der Waals surface area contributed by atoms with Crippen molar-refractivity contribution in [3.8, 4) is 0 Å². The molecule has 0 fully saturated rings. The van der Waals surface area contributed by atoms with Crippen molar-refractivity contribution >= 4 is 33.7 Å². The highest BCUT2D eigenvalue weighted by molar-refractivity contribution is 7.15. The van der Waals surface area contributed by atoms with E-state index in [-0.39, 0.29) is 5.91 Å². The van der Waals surface area contributed by atoms with Gasteiger partial charge >= 0.3 is 0 Å². The van der Waals surface area contributed by atoms with Crippen molar-refractivity contribution in [1.29, 1.82) is 0 Å². The summed E-state index contributed by atoms with van der Waals surface area (Å²) in [6, 6.07) is 2.00. The van der Waals surface area contributed by atoms with Gasteiger partial charge < -0.3 is 0 Å². The van der Waals surface area contributed by atoms with Crippen LogP contribution in [-0.4, -0.2) is 16.1 Å². The number of carbonyl (C=O) groups is 1. The summed E-state index contributed by atoms with van der Waals surface area (Å²) in [6.07, 6.45) is 2.95. The Morgan fingerprint density at radius 1 is 1.30 bits per heavy atom. The second-order valence-electron chi connectivity index (χ2n) is 4.54. The first-order valence-electron chi connectivity index (χ1n) is 6.90. The van der Waals surface area contributed by atoms with Crippen LogP contribution in [0.4, 0.5) is 5.13 Å². The molecule has 0 bridgehead atoms. The lowest BCUT2D eigenvalue weighted by Gasteiger charge is -2.05. The van der Waals surface area contributed by atoms with Gasteiger partial charge in [0.05, 0.1) is 4.88 Å². The molecule has 0 aliphatic rings. The van der Waals surface area contributed by atoms with Crippen molar-refractivity contribution in [3.63, 3.8) is 0 Å². The summed E-state index contributed by atoms with van der Waals surface area (Å²) in [5.74, 6) is 0.357. The van der Waals surface area contributed by atoms with Gasteiger partial charge in [-0.3, -0.25) is 10.1 Å². The molecule has 0 atom stereocenters. The van der Waals surface area contributed by atoms with E-state index in [0.717, 1.165) is 34.7 Å². The van der Waals surface area contributed by atoms with E-state index in [1.807, 2.05) is 11.4 Å². The van der Waals surface area contributed by atoms with Crippen LogP contribution in [0.3, 0.4) is 0 Å². The maximum atomic E-state index is 12.2. The molecule has 0 saturated heterocycles. The van der Waals surface area contributed by atoms with Crippen LogP contribution in [0.25, 0.3) is 0 Å². The minimum absolute atomic E-state index is 0.0795. The van der Waals surface area contributed by atoms with Crippen molar-refractivity contribution in [1.82, 2.24) is 10.2 Å². The van der Waals surface area contributed by atoms with Crippen LogP contribution in [0.2, 0.25) is 0 Å². The predicted octanol–water partition coefficient (Wildman–Crippen LogP) is 4.32. The van der Waals surface area contributed by atoms with Crippen molar-refractivity contribution in [3.05, 3.63) is 26.9 Å². The molecule has 108 valence electrons. The molecule has 20 heavy (non-hydrogen) atoms. The van der Waals surface area contributed by atoms with Gasteiger partial charge in [-0.05, 0) is 36.3 Å². The first kappa shape index (κ1) is 15.1. The van der Waals surface area contributed by atoms with Crippen molar-refractivity contribution < 1.29 is 4.79 Å². The smallest absolute Gasteiger partial charge is 0.267 e. The summed E-state index contributed by atoms with van der Waals surface area (Å²) in [5.41, 5.74) is 1.08. The molecule has 2 aromatic rings. The molecule has 0 radical (unpaired) electrons. The molecular formula is C14H19N3OS2. The van der Waals surface area contributed by atoms with Gasteiger partial charge in [0.25, 0.3) is 5.91 Å². The van der Waals surface area contributed by atoms with Crippen molar-refractivity contribution in [2.75, 3.05) is 5.32 Å². The van der Waals surface area contributed by atoms with Crippen LogP contribution < -0.4 is 5.32 Å². The molecule has 0 saturated carbocycles. The summed E-state index contributed by atoms with van der Waals surface area (Å²) < 4.78 is 0. The monoisotopic (exact) mass is 309 g/mol. The number of hydrogen-bond donors (Lipinski definition) is 1. The number of anilines is 1. The fourth-order valence-corrected chi connectivity index (χ4v) is 3.95. The molecule has 0 aliphatic heterocycles. The number of thiophene rings is 1. The van der Waals surface area contributed by atoms with Crippen LogP contribution in [0.1, 0.15) is 59.8 Å². The molecule has 0 aliphatic carbocycles. The van der Waals surface area contributed by atoms with Gasteiger partial charge in [0.2, 0.25) is 5.13 Å². The van der Waals surface area contributed by atoms with E-state index in [1.54, 1.807) is 0 Å². The Morgan fingerprint density at radius 3 is 2.70 bits per heavy atom. The number of carbonyl (C=O) groups excluding carboxylic acids is 1. The molecule has 6 heteroatoms. The normalized spacial score (nSPS) is 11.0. The highest BCUT2D eigenvalue weighted by Gasteiger charge is 2.17. The third-order valence-electron chi connectivity index (χ3n) is 3.33. The quantitative estimate of drug-likeness (QED) is 0.864. The molecule has 2 aromatic heterocycles. The zero-order valence-electron chi connectivity index (χ0n) is 12.0. The average molecular weight is 309 g/mol. The Bertz CT molecular complexity index is 572. The Labute approximate surface area is 127 Å². The standard InChI is InChI=1S/C14H19N3OS2/c1-4-9(5-2)13-16-17-14(20-13)15-12(18)11-10(6-3)7-8-19-11/h7-9H,4-6H2,1-3H3,(H,15,17,18). The van der Waals surface area contributed by atoms with E-state index in [9.17, 15) is 4.79 Å². The SMILES string of the molecule is CCc1ccsc1C(=O)Nc1nnc(C(CC)CC)s1. The zero-order valence-corrected chi connectivity index (χ0v) is 13.6. The van der Waals surface area contributed by atoms with Gasteiger partial charge in [0, 0.05) is 5.92 Å². The number of aryl methyl sites for hydroxylation is 1. The van der Waals surface area contributed by atoms with Crippen LogP contribution >= 0.6 is 22.7 Å². The Morgan fingerprint density at radius 2 is 2.05 bits per heavy atom. The molecule has 0 spiro atoms. The summed E-state index contributed by atoms with van der Waals surface area (Å²) in [7, 11) is 0. The third kappa shape index (κ3) is 3.24. The van der Waals surface area contributed by atoms with Gasteiger partial charge in [-0.15, -0.1) is 21.5 Å². The molecule has 2 heterocycles. The van der Waals surface area contributed by atoms with E-state index in [4.69, 9.17) is 0 Å². The lowest BCUT2D eigenvalue weighted by atomic mass is 10.1. The van der Waals surface area contributed by atoms with E-state index in [1.165, 1.54) is 22.7 Å². The topological polar surface area (TPSA) is 54.9 Å². The molecular weight excluding hydrogens is 290 g/mol. The van der Waals surface area contributed by atoms with Crippen LogP contribution in [0.5, 0.6) is 0 Å². The number of nitrogens with one attached hydrogen (secondary N) is 1. The van der Waals surface area contributed by atoms with E-state index >= 15 is 0 Å². The second-order valence-corrected chi connectivity index (χ2v) is 6.47. The fourth-order valence-electron chi connectivity index (χ4n) is 2.06. The van der Waals surface area contributed by atoms with Crippen molar-refractivity contribution in [2.24, 2.45) is 0 Å². The number of amides is 1. The summed E-state index contributed by atoms with van der Waals surface area (Å²) in [5, 5.41) is 14.7. The predicted molar refractivity (Wildman–Crippen MR) is 84.9 cm³/mol. The van der Waals surface area contributed by atoms with Crippen LogP contribution in [0.15, 0.2) is 11.4 Å². The highest BCUT2D eigenvalue weighted by Crippen LogP contribution is 2.28. The van der Waals surface area contributed by atoms with Crippen molar-refractivity contribution in [2.45, 2.75) is 46.0 Å². The van der Waals surface area contributed by atoms with Gasteiger partial charge in [0.15, 0.2) is 0 Å². The summed E-state index contributed by atoms with van der Waals surface area (Å²) >= 11 is 2.95. The molecule has 1 N–H and O–H groups in total. The van der Waals surface area contributed by atoms with Crippen LogP contribution in [-0.2, 0) is 6.42 Å². The number of hydrogen-bond acceptors (Lipinski definition) is 5. The fraction of sp³-hybridized carbons (Fsp3) is 0.500. The largest absolute Gasteiger partial charge is 0.296 e. The lowest BCUT2D eigenvalue weighted by molar-refractivity contribution is 0.102. The molecule has 1 amide bonds. The zero-order chi connectivity index (χ0) is 14.5. The van der Waals surface area contributed by atoms with Gasteiger partial charge in [-0.1, -0.05) is 32.1 Å². The third-order valence-corrected chi connectivity index (χ3v) is 5.29. The first-order chi connectivity index (χ1) is 9.69. The minimum atomic E-state index is -0.0795. The number of nitrogens with zero attached hydrogens (tertiary/aromatic N) is 2. The van der Waals surface area contributed by atoms with Gasteiger partial charge in [0.1, 0.15) is 5.01 Å². The Balaban J connectivity index is 2.09. The minimum Gasteiger partial charge on any atom is -0.296 e. The molecule has 0 aromatic carbocycles. The first-order valence-corrected chi connectivity index (χ1v) is 8.60. The van der Waals surface area contributed by atoms with E-state index in [2.05, 4.69) is 36.3 Å². The number of aromatic nitrogens is 2. The van der Waals surface area contributed by atoms with Gasteiger partial charge in [-0.25, -0.2) is 0 Å². The maximum Gasteiger partial charge on any atom is 0.267 e. The average Bonchev–Trinajstić information content (AvgIpc) is 3.09. The van der Waals surface area contributed by atoms with Crippen LogP contribution in [0, 0.1) is 0 Å². The summed E-state index contributed by atoms with van der Waals surface area (Å²) in [4.78, 5) is 13.0. The molecule has 2 rings (SSSR count). The lowest BCUT2D eigenvalue weighted by Crippen LogP contribution is -2.11. The summed E-state index contributed by atoms with van der Waals surface area (Å²) in [6.45, 7) is 6.34. The van der Waals surface area contributed by atoms with E-state index < -0.39 is 0 Å².